The van der Waals surface area contributed by atoms with Gasteiger partial charge in [0.2, 0.25) is 0 Å². The maximum absolute atomic E-state index is 10.4. The van der Waals surface area contributed by atoms with E-state index in [9.17, 15) is 25.5 Å². The summed E-state index contributed by atoms with van der Waals surface area (Å²) in [5.41, 5.74) is 1.21. The van der Waals surface area contributed by atoms with Crippen molar-refractivity contribution >= 4 is 0 Å². The monoisotopic (exact) mass is 266 g/mol. The van der Waals surface area contributed by atoms with Gasteiger partial charge in [0.1, 0.15) is 6.10 Å². The van der Waals surface area contributed by atoms with Crippen LogP contribution >= 0.6 is 0 Å². The summed E-state index contributed by atoms with van der Waals surface area (Å²) in [6, 6.07) is 6.99. The Balaban J connectivity index is 2.05. The van der Waals surface area contributed by atoms with Crippen LogP contribution in [0, 0.1) is 11.8 Å². The van der Waals surface area contributed by atoms with Gasteiger partial charge in [0.25, 0.3) is 0 Å². The van der Waals surface area contributed by atoms with Gasteiger partial charge in [-0.3, -0.25) is 0 Å². The molecule has 0 aromatic heterocycles. The first-order chi connectivity index (χ1) is 9.02. The van der Waals surface area contributed by atoms with E-state index in [-0.39, 0.29) is 6.42 Å². The first-order valence-corrected chi connectivity index (χ1v) is 6.51. The fourth-order valence-electron chi connectivity index (χ4n) is 3.53. The summed E-state index contributed by atoms with van der Waals surface area (Å²) in [6.07, 6.45) is -5.23. The zero-order valence-corrected chi connectivity index (χ0v) is 10.3. The number of aliphatic hydroxyl groups excluding tert-OH is 5. The number of hydrogen-bond donors (Lipinski definition) is 5. The Bertz CT molecular complexity index is 477. The van der Waals surface area contributed by atoms with E-state index in [4.69, 9.17) is 0 Å². The molecule has 5 N–H and O–H groups in total. The molecule has 5 nitrogen and oxygen atoms in total. The van der Waals surface area contributed by atoms with Gasteiger partial charge in [-0.25, -0.2) is 0 Å². The van der Waals surface area contributed by atoms with Gasteiger partial charge in [-0.15, -0.1) is 0 Å². The van der Waals surface area contributed by atoms with Crippen LogP contribution < -0.4 is 0 Å². The second-order valence-corrected chi connectivity index (χ2v) is 5.54. The molecular weight excluding hydrogens is 248 g/mol. The lowest BCUT2D eigenvalue weighted by Crippen LogP contribution is -2.55. The Morgan fingerprint density at radius 3 is 2.00 bits per heavy atom. The third-order valence-electron chi connectivity index (χ3n) is 4.55. The van der Waals surface area contributed by atoms with Crippen LogP contribution in [-0.2, 0) is 0 Å². The summed E-state index contributed by atoms with van der Waals surface area (Å²) < 4.78 is 0. The van der Waals surface area contributed by atoms with E-state index in [0.717, 1.165) is 0 Å². The van der Waals surface area contributed by atoms with Crippen LogP contribution in [0.1, 0.15) is 29.8 Å². The maximum atomic E-state index is 10.4. The molecule has 1 saturated carbocycles. The number of hydrogen-bond acceptors (Lipinski definition) is 5. The molecule has 7 atom stereocenters. The Morgan fingerprint density at radius 1 is 0.789 bits per heavy atom. The van der Waals surface area contributed by atoms with E-state index in [1.807, 2.05) is 0 Å². The highest BCUT2D eigenvalue weighted by Gasteiger charge is 2.51. The van der Waals surface area contributed by atoms with Gasteiger partial charge in [0.15, 0.2) is 0 Å². The van der Waals surface area contributed by atoms with E-state index in [0.29, 0.717) is 11.1 Å². The minimum atomic E-state index is -1.28. The Labute approximate surface area is 110 Å². The van der Waals surface area contributed by atoms with E-state index in [1.165, 1.54) is 0 Å². The lowest BCUT2D eigenvalue weighted by molar-refractivity contribution is -0.179. The second kappa shape index (κ2) is 4.54. The average molecular weight is 266 g/mol. The maximum Gasteiger partial charge on any atom is 0.106 e. The summed E-state index contributed by atoms with van der Waals surface area (Å²) in [5, 5.41) is 50.3. The van der Waals surface area contributed by atoms with Crippen molar-refractivity contribution in [3.8, 4) is 0 Å². The molecule has 2 aliphatic rings. The predicted octanol–water partition coefficient (Wildman–Crippen LogP) is -0.514. The Kier molecular flexibility index (Phi) is 3.11. The fourth-order valence-corrected chi connectivity index (χ4v) is 3.53. The number of aliphatic hydroxyl groups is 5. The van der Waals surface area contributed by atoms with Crippen LogP contribution in [0.5, 0.6) is 0 Å². The zero-order valence-electron chi connectivity index (χ0n) is 10.3. The van der Waals surface area contributed by atoms with Gasteiger partial charge in [-0.1, -0.05) is 24.3 Å². The quantitative estimate of drug-likeness (QED) is 0.435. The first-order valence-electron chi connectivity index (χ1n) is 6.51. The highest BCUT2D eigenvalue weighted by atomic mass is 16.4. The average Bonchev–Trinajstić information content (AvgIpc) is 2.42. The molecule has 0 bridgehead atoms. The molecule has 0 heterocycles. The summed E-state index contributed by atoms with van der Waals surface area (Å²) in [6.45, 7) is 0. The summed E-state index contributed by atoms with van der Waals surface area (Å²) in [5.74, 6) is -1.12. The normalized spacial score (nSPS) is 45.4. The van der Waals surface area contributed by atoms with Crippen molar-refractivity contribution in [1.29, 1.82) is 0 Å². The molecule has 19 heavy (non-hydrogen) atoms. The minimum absolute atomic E-state index is 0.162. The van der Waals surface area contributed by atoms with Gasteiger partial charge in [-0.2, -0.15) is 0 Å². The Morgan fingerprint density at radius 2 is 1.37 bits per heavy atom. The Hall–Kier alpha value is -0.980. The second-order valence-electron chi connectivity index (χ2n) is 5.54. The van der Waals surface area contributed by atoms with Gasteiger partial charge in [-0.05, 0) is 23.5 Å². The summed E-state index contributed by atoms with van der Waals surface area (Å²) in [4.78, 5) is 0. The molecule has 2 aliphatic carbocycles. The molecule has 0 aliphatic heterocycles. The fraction of sp³-hybridized carbons (Fsp3) is 0.571. The van der Waals surface area contributed by atoms with Crippen LogP contribution in [0.15, 0.2) is 24.3 Å². The standard InChI is InChI=1S/C14H18O5/c15-9-5-8-10(14(19)13(9)18)12(17)7-4-2-1-3-6(7)11(8)16/h1-4,8-19H,5H2/t8-,9-,10+,11+,12-,13-,14-/m1/s1. The van der Waals surface area contributed by atoms with E-state index in [2.05, 4.69) is 0 Å². The molecule has 3 rings (SSSR count). The van der Waals surface area contributed by atoms with Crippen molar-refractivity contribution in [2.75, 3.05) is 0 Å². The first kappa shape index (κ1) is 13.0. The molecule has 0 unspecified atom stereocenters. The number of rotatable bonds is 0. The molecule has 1 aromatic rings. The van der Waals surface area contributed by atoms with Crippen molar-refractivity contribution < 1.29 is 25.5 Å². The van der Waals surface area contributed by atoms with Crippen LogP contribution in [-0.4, -0.2) is 43.8 Å². The van der Waals surface area contributed by atoms with Crippen LogP contribution in [0.3, 0.4) is 0 Å². The topological polar surface area (TPSA) is 101 Å². The summed E-state index contributed by atoms with van der Waals surface area (Å²) in [7, 11) is 0. The SMILES string of the molecule is O[C@H]1[C@H](O)[C@H](O)C[C@@H]2[C@H]1[C@H](O)c1ccccc1[C@@H]2O. The molecule has 0 radical (unpaired) electrons. The van der Waals surface area contributed by atoms with Crippen molar-refractivity contribution in [2.45, 2.75) is 36.9 Å². The smallest absolute Gasteiger partial charge is 0.106 e. The molecule has 104 valence electrons. The van der Waals surface area contributed by atoms with Gasteiger partial charge in [0.05, 0.1) is 24.4 Å². The van der Waals surface area contributed by atoms with E-state index in [1.54, 1.807) is 24.3 Å². The zero-order chi connectivity index (χ0) is 13.7. The molecular formula is C14H18O5. The highest BCUT2D eigenvalue weighted by Crippen LogP contribution is 2.50. The van der Waals surface area contributed by atoms with Gasteiger partial charge < -0.3 is 25.5 Å². The lowest BCUT2D eigenvalue weighted by Gasteiger charge is -2.48. The van der Waals surface area contributed by atoms with Crippen molar-refractivity contribution in [3.63, 3.8) is 0 Å². The number of benzene rings is 1. The third kappa shape index (κ3) is 1.81. The van der Waals surface area contributed by atoms with Crippen molar-refractivity contribution in [1.82, 2.24) is 0 Å². The molecule has 1 fully saturated rings. The molecule has 1 aromatic carbocycles. The number of fused-ring (bicyclic) bond motifs is 2. The molecule has 0 spiro atoms. The van der Waals surface area contributed by atoms with Crippen molar-refractivity contribution in [2.24, 2.45) is 11.8 Å². The van der Waals surface area contributed by atoms with Crippen molar-refractivity contribution in [3.05, 3.63) is 35.4 Å². The summed E-state index contributed by atoms with van der Waals surface area (Å²) >= 11 is 0. The highest BCUT2D eigenvalue weighted by molar-refractivity contribution is 5.35. The molecule has 0 saturated heterocycles. The van der Waals surface area contributed by atoms with E-state index < -0.39 is 42.4 Å². The van der Waals surface area contributed by atoms with Crippen LogP contribution in [0.25, 0.3) is 0 Å². The van der Waals surface area contributed by atoms with Gasteiger partial charge in [0, 0.05) is 5.92 Å². The van der Waals surface area contributed by atoms with E-state index >= 15 is 0 Å². The van der Waals surface area contributed by atoms with Crippen LogP contribution in [0.4, 0.5) is 0 Å². The third-order valence-corrected chi connectivity index (χ3v) is 4.55. The molecule has 5 heteroatoms. The minimum Gasteiger partial charge on any atom is -0.390 e. The van der Waals surface area contributed by atoms with Gasteiger partial charge >= 0.3 is 0 Å². The molecule has 0 amide bonds. The lowest BCUT2D eigenvalue weighted by atomic mass is 9.63. The largest absolute Gasteiger partial charge is 0.390 e. The van der Waals surface area contributed by atoms with Crippen LogP contribution in [0.2, 0.25) is 0 Å². The predicted molar refractivity (Wildman–Crippen MR) is 66.0 cm³/mol.